The second kappa shape index (κ2) is 10.7. The number of hydrogen-bond donors (Lipinski definition) is 1. The third-order valence-electron chi connectivity index (χ3n) is 5.39. The molecule has 1 unspecified atom stereocenters. The van der Waals surface area contributed by atoms with Gasteiger partial charge in [0.1, 0.15) is 6.10 Å². The van der Waals surface area contributed by atoms with Crippen molar-refractivity contribution in [2.24, 2.45) is 0 Å². The lowest BCUT2D eigenvalue weighted by Crippen LogP contribution is -2.52. The van der Waals surface area contributed by atoms with Gasteiger partial charge in [-0.1, -0.05) is 48.5 Å². The lowest BCUT2D eigenvalue weighted by molar-refractivity contribution is -0.142. The molecule has 2 aromatic rings. The Kier molecular flexibility index (Phi) is 7.78. The molecule has 0 radical (unpaired) electrons. The number of amides is 2. The molecule has 1 fully saturated rings. The minimum Gasteiger partial charge on any atom is -0.383 e. The first kappa shape index (κ1) is 21.0. The molecule has 6 nitrogen and oxygen atoms in total. The molecule has 29 heavy (non-hydrogen) atoms. The van der Waals surface area contributed by atoms with Gasteiger partial charge in [-0.25, -0.2) is 0 Å². The Hall–Kier alpha value is -2.70. The number of piperazine rings is 1. The number of rotatable bonds is 9. The standard InChI is InChI=1S/C23H29N3O3/c27-19-26(21-9-5-2-6-10-21)14-12-22(28)23(29)25-17-15-24(16-18-25)13-11-20-7-3-1-4-8-20/h1-10,19,22,28H,11-18H2. The number of hydrogen-bond acceptors (Lipinski definition) is 4. The zero-order valence-electron chi connectivity index (χ0n) is 16.7. The maximum atomic E-state index is 12.6. The minimum absolute atomic E-state index is 0.223. The summed E-state index contributed by atoms with van der Waals surface area (Å²) in [6, 6.07) is 19.6. The van der Waals surface area contributed by atoms with E-state index in [1.807, 2.05) is 36.4 Å². The van der Waals surface area contributed by atoms with E-state index in [1.54, 1.807) is 4.90 Å². The van der Waals surface area contributed by atoms with Crippen LogP contribution in [0.1, 0.15) is 12.0 Å². The van der Waals surface area contributed by atoms with Crippen LogP contribution in [0.5, 0.6) is 0 Å². The van der Waals surface area contributed by atoms with E-state index in [0.717, 1.165) is 38.2 Å². The van der Waals surface area contributed by atoms with Crippen molar-refractivity contribution in [2.45, 2.75) is 18.9 Å². The van der Waals surface area contributed by atoms with Gasteiger partial charge in [0.05, 0.1) is 0 Å². The van der Waals surface area contributed by atoms with Crippen molar-refractivity contribution in [1.29, 1.82) is 0 Å². The number of carbonyl (C=O) groups is 2. The monoisotopic (exact) mass is 395 g/mol. The summed E-state index contributed by atoms with van der Waals surface area (Å²) < 4.78 is 0. The first-order chi connectivity index (χ1) is 14.2. The van der Waals surface area contributed by atoms with E-state index < -0.39 is 6.10 Å². The Labute approximate surface area is 172 Å². The molecule has 154 valence electrons. The summed E-state index contributed by atoms with van der Waals surface area (Å²) in [6.45, 7) is 4.16. The normalized spacial score (nSPS) is 15.7. The molecule has 1 saturated heterocycles. The van der Waals surface area contributed by atoms with E-state index in [9.17, 15) is 14.7 Å². The molecule has 0 saturated carbocycles. The first-order valence-corrected chi connectivity index (χ1v) is 10.2. The molecular formula is C23H29N3O3. The van der Waals surface area contributed by atoms with Crippen molar-refractivity contribution in [2.75, 3.05) is 44.2 Å². The summed E-state index contributed by atoms with van der Waals surface area (Å²) in [5.74, 6) is -0.244. The highest BCUT2D eigenvalue weighted by molar-refractivity contribution is 5.81. The van der Waals surface area contributed by atoms with E-state index >= 15 is 0 Å². The van der Waals surface area contributed by atoms with Crippen molar-refractivity contribution in [3.05, 3.63) is 66.2 Å². The van der Waals surface area contributed by atoms with Crippen molar-refractivity contribution < 1.29 is 14.7 Å². The van der Waals surface area contributed by atoms with Crippen LogP contribution in [0, 0.1) is 0 Å². The quantitative estimate of drug-likeness (QED) is 0.658. The highest BCUT2D eigenvalue weighted by atomic mass is 16.3. The number of aliphatic hydroxyl groups excluding tert-OH is 1. The van der Waals surface area contributed by atoms with Gasteiger partial charge in [0.25, 0.3) is 5.91 Å². The second-order valence-corrected chi connectivity index (χ2v) is 7.34. The molecule has 6 heteroatoms. The predicted octanol–water partition coefficient (Wildman–Crippen LogP) is 1.79. The van der Waals surface area contributed by atoms with Crippen LogP contribution in [0.15, 0.2) is 60.7 Å². The molecule has 1 aliphatic heterocycles. The van der Waals surface area contributed by atoms with Crippen LogP contribution in [0.4, 0.5) is 5.69 Å². The summed E-state index contributed by atoms with van der Waals surface area (Å²) in [6.07, 6.45) is 0.869. The van der Waals surface area contributed by atoms with E-state index in [2.05, 4.69) is 29.2 Å². The van der Waals surface area contributed by atoms with Gasteiger partial charge in [-0.2, -0.15) is 0 Å². The molecular weight excluding hydrogens is 366 g/mol. The molecule has 0 spiro atoms. The van der Waals surface area contributed by atoms with Crippen molar-refractivity contribution in [3.8, 4) is 0 Å². The fraction of sp³-hybridized carbons (Fsp3) is 0.391. The highest BCUT2D eigenvalue weighted by Gasteiger charge is 2.26. The van der Waals surface area contributed by atoms with Crippen LogP contribution in [0.2, 0.25) is 0 Å². The van der Waals surface area contributed by atoms with Crippen molar-refractivity contribution in [3.63, 3.8) is 0 Å². The predicted molar refractivity (Wildman–Crippen MR) is 114 cm³/mol. The minimum atomic E-state index is -1.09. The van der Waals surface area contributed by atoms with E-state index in [4.69, 9.17) is 0 Å². The molecule has 0 bridgehead atoms. The third kappa shape index (κ3) is 6.14. The number of nitrogens with zero attached hydrogens (tertiary/aromatic N) is 3. The third-order valence-corrected chi connectivity index (χ3v) is 5.39. The first-order valence-electron chi connectivity index (χ1n) is 10.2. The Morgan fingerprint density at radius 1 is 1.00 bits per heavy atom. The lowest BCUT2D eigenvalue weighted by Gasteiger charge is -2.35. The van der Waals surface area contributed by atoms with E-state index in [-0.39, 0.29) is 12.3 Å². The molecule has 1 N–H and O–H groups in total. The molecule has 2 amide bonds. The molecule has 3 rings (SSSR count). The fourth-order valence-electron chi connectivity index (χ4n) is 3.58. The second-order valence-electron chi connectivity index (χ2n) is 7.34. The number of benzene rings is 2. The fourth-order valence-corrected chi connectivity index (χ4v) is 3.58. The topological polar surface area (TPSA) is 64.1 Å². The lowest BCUT2D eigenvalue weighted by atomic mass is 10.1. The molecule has 0 aliphatic carbocycles. The van der Waals surface area contributed by atoms with Crippen LogP contribution < -0.4 is 4.90 Å². The Morgan fingerprint density at radius 3 is 2.24 bits per heavy atom. The van der Waals surface area contributed by atoms with Gasteiger partial charge in [-0.3, -0.25) is 14.5 Å². The molecule has 2 aromatic carbocycles. The highest BCUT2D eigenvalue weighted by Crippen LogP contribution is 2.13. The average molecular weight is 396 g/mol. The van der Waals surface area contributed by atoms with E-state index in [0.29, 0.717) is 19.6 Å². The summed E-state index contributed by atoms with van der Waals surface area (Å²) in [5.41, 5.74) is 2.08. The Bertz CT molecular complexity index is 761. The largest absolute Gasteiger partial charge is 0.383 e. The van der Waals surface area contributed by atoms with Gasteiger partial charge in [0.15, 0.2) is 0 Å². The van der Waals surface area contributed by atoms with Gasteiger partial charge < -0.3 is 14.9 Å². The zero-order chi connectivity index (χ0) is 20.5. The summed E-state index contributed by atoms with van der Waals surface area (Å²) in [4.78, 5) is 29.5. The van der Waals surface area contributed by atoms with Gasteiger partial charge >= 0.3 is 0 Å². The van der Waals surface area contributed by atoms with Crippen molar-refractivity contribution >= 4 is 18.0 Å². The molecule has 1 aliphatic rings. The smallest absolute Gasteiger partial charge is 0.251 e. The van der Waals surface area contributed by atoms with Crippen LogP contribution in [0.3, 0.4) is 0 Å². The van der Waals surface area contributed by atoms with Crippen LogP contribution in [0.25, 0.3) is 0 Å². The van der Waals surface area contributed by atoms with Crippen LogP contribution >= 0.6 is 0 Å². The molecule has 1 atom stereocenters. The van der Waals surface area contributed by atoms with Gasteiger partial charge in [0.2, 0.25) is 6.41 Å². The number of aliphatic hydroxyl groups is 1. The average Bonchev–Trinajstić information content (AvgIpc) is 2.79. The maximum absolute atomic E-state index is 12.6. The number of anilines is 1. The molecule has 1 heterocycles. The van der Waals surface area contributed by atoms with E-state index in [1.165, 1.54) is 10.5 Å². The SMILES string of the molecule is O=CN(CCC(O)C(=O)N1CCN(CCc2ccccc2)CC1)c1ccccc1. The van der Waals surface area contributed by atoms with Gasteiger partial charge in [-0.05, 0) is 24.1 Å². The maximum Gasteiger partial charge on any atom is 0.251 e. The van der Waals surface area contributed by atoms with Crippen LogP contribution in [-0.2, 0) is 16.0 Å². The summed E-state index contributed by atoms with van der Waals surface area (Å²) >= 11 is 0. The Morgan fingerprint density at radius 2 is 1.62 bits per heavy atom. The summed E-state index contributed by atoms with van der Waals surface area (Å²) in [5, 5.41) is 10.3. The number of carbonyl (C=O) groups excluding carboxylic acids is 2. The van der Waals surface area contributed by atoms with Gasteiger partial charge in [0, 0.05) is 51.4 Å². The van der Waals surface area contributed by atoms with Crippen molar-refractivity contribution in [1.82, 2.24) is 9.80 Å². The van der Waals surface area contributed by atoms with Crippen LogP contribution in [-0.4, -0.2) is 72.6 Å². The number of para-hydroxylation sites is 1. The Balaban J connectivity index is 1.40. The summed E-state index contributed by atoms with van der Waals surface area (Å²) in [7, 11) is 0. The molecule has 0 aromatic heterocycles. The van der Waals surface area contributed by atoms with Gasteiger partial charge in [-0.15, -0.1) is 0 Å². The zero-order valence-corrected chi connectivity index (χ0v) is 16.7.